The van der Waals surface area contributed by atoms with E-state index < -0.39 is 33.6 Å². The molecule has 0 aliphatic heterocycles. The summed E-state index contributed by atoms with van der Waals surface area (Å²) in [7, 11) is -4.07. The van der Waals surface area contributed by atoms with Crippen LogP contribution in [0.1, 0.15) is 0 Å². The number of hydrogen-bond acceptors (Lipinski definition) is 5. The van der Waals surface area contributed by atoms with E-state index in [-0.39, 0.29) is 0 Å². The van der Waals surface area contributed by atoms with Crippen LogP contribution in [-0.2, 0) is 30.0 Å². The molecule has 0 spiro atoms. The normalized spacial score (nSPS) is 20.6. The van der Waals surface area contributed by atoms with Gasteiger partial charge in [-0.25, -0.2) is 4.57 Å². The standard InChI is InChI=1S/C2H9O8P3S2/c3-11(4,1-9-12(5,6)14)2-10-13(7,8)15/h1-2H2,(H,3,4)(H2,5,6,14)(H2,7,8,15). The van der Waals surface area contributed by atoms with Gasteiger partial charge in [0.2, 0.25) is 0 Å². The maximum atomic E-state index is 11.1. The predicted molar refractivity (Wildman–Crippen MR) is 59.3 cm³/mol. The highest BCUT2D eigenvalue weighted by Crippen LogP contribution is 2.54. The third-order valence-corrected chi connectivity index (χ3v) is 3.92. The molecule has 0 saturated carbocycles. The van der Waals surface area contributed by atoms with Crippen molar-refractivity contribution < 1.29 is 37.8 Å². The van der Waals surface area contributed by atoms with Gasteiger partial charge >= 0.3 is 13.5 Å². The van der Waals surface area contributed by atoms with Gasteiger partial charge in [0, 0.05) is 0 Å². The van der Waals surface area contributed by atoms with Gasteiger partial charge < -0.3 is 19.6 Å². The minimum absolute atomic E-state index is 0.981. The van der Waals surface area contributed by atoms with Gasteiger partial charge in [-0.2, -0.15) is 0 Å². The first-order valence-electron chi connectivity index (χ1n) is 3.12. The lowest BCUT2D eigenvalue weighted by atomic mass is 11.7. The molecule has 0 fully saturated rings. The van der Waals surface area contributed by atoms with Crippen molar-refractivity contribution >= 4 is 44.9 Å². The van der Waals surface area contributed by atoms with Gasteiger partial charge in [0.15, 0.2) is 0 Å². The molecule has 0 aromatic rings. The summed E-state index contributed by atoms with van der Waals surface area (Å²) in [5.74, 6) is 0. The summed E-state index contributed by atoms with van der Waals surface area (Å²) in [6, 6.07) is 0. The molecule has 0 radical (unpaired) electrons. The highest BCUT2D eigenvalue weighted by Gasteiger charge is 2.26. The Morgan fingerprint density at radius 3 is 1.80 bits per heavy atom. The first-order chi connectivity index (χ1) is 6.41. The van der Waals surface area contributed by atoms with Crippen LogP contribution in [0.2, 0.25) is 0 Å². The molecule has 0 rings (SSSR count). The van der Waals surface area contributed by atoms with E-state index in [1.807, 2.05) is 0 Å². The molecular weight excluding hydrogens is 309 g/mol. The molecule has 2 unspecified atom stereocenters. The lowest BCUT2D eigenvalue weighted by Gasteiger charge is -2.14. The summed E-state index contributed by atoms with van der Waals surface area (Å²) in [5, 5.41) is 0. The second-order valence-corrected chi connectivity index (χ2v) is 9.98. The molecule has 0 heterocycles. The Labute approximate surface area is 95.6 Å². The molecule has 0 amide bonds. The van der Waals surface area contributed by atoms with Gasteiger partial charge in [-0.15, -0.1) is 0 Å². The third kappa shape index (κ3) is 11.5. The van der Waals surface area contributed by atoms with Crippen molar-refractivity contribution in [2.45, 2.75) is 0 Å². The molecular formula is C2H9O8P3S2. The zero-order chi connectivity index (χ0) is 12.3. The van der Waals surface area contributed by atoms with Crippen LogP contribution in [0.15, 0.2) is 0 Å². The van der Waals surface area contributed by atoms with Crippen LogP contribution in [0.4, 0.5) is 0 Å². The van der Waals surface area contributed by atoms with Crippen LogP contribution in [0.25, 0.3) is 0 Å². The molecule has 8 nitrogen and oxygen atoms in total. The van der Waals surface area contributed by atoms with Crippen LogP contribution in [0.3, 0.4) is 0 Å². The van der Waals surface area contributed by atoms with E-state index in [4.69, 9.17) is 19.6 Å². The van der Waals surface area contributed by atoms with Crippen molar-refractivity contribution in [2.75, 3.05) is 12.7 Å². The molecule has 15 heavy (non-hydrogen) atoms. The fraction of sp³-hybridized carbons (Fsp3) is 1.00. The summed E-state index contributed by atoms with van der Waals surface area (Å²) in [6.07, 6.45) is -1.98. The number of hydrogen-bond donors (Lipinski definition) is 5. The molecule has 13 heteroatoms. The van der Waals surface area contributed by atoms with Gasteiger partial charge in [0.05, 0.1) is 0 Å². The summed E-state index contributed by atoms with van der Waals surface area (Å²) in [5.41, 5.74) is 0. The van der Waals surface area contributed by atoms with Crippen molar-refractivity contribution in [3.63, 3.8) is 0 Å². The van der Waals surface area contributed by atoms with E-state index in [2.05, 4.69) is 33.1 Å². The first-order valence-corrected chi connectivity index (χ1v) is 10.5. The van der Waals surface area contributed by atoms with Crippen molar-refractivity contribution in [1.82, 2.24) is 0 Å². The Balaban J connectivity index is 4.16. The third-order valence-electron chi connectivity index (χ3n) is 0.855. The number of rotatable bonds is 6. The zero-order valence-corrected chi connectivity index (χ0v) is 11.4. The van der Waals surface area contributed by atoms with E-state index in [1.54, 1.807) is 0 Å². The highest BCUT2D eigenvalue weighted by atomic mass is 32.7. The van der Waals surface area contributed by atoms with Crippen LogP contribution < -0.4 is 0 Å². The quantitative estimate of drug-likeness (QED) is 0.349. The fourth-order valence-corrected chi connectivity index (χ4v) is 3.98. The molecule has 0 saturated heterocycles. The fourth-order valence-electron chi connectivity index (χ4n) is 0.368. The van der Waals surface area contributed by atoms with Crippen LogP contribution in [-0.4, -0.2) is 32.3 Å². The van der Waals surface area contributed by atoms with E-state index in [0.717, 1.165) is 0 Å². The van der Waals surface area contributed by atoms with Crippen LogP contribution >= 0.6 is 33.1 Å². The highest BCUT2D eigenvalue weighted by molar-refractivity contribution is 8.44. The van der Waals surface area contributed by atoms with Crippen molar-refractivity contribution in [3.05, 3.63) is 0 Å². The lowest BCUT2D eigenvalue weighted by molar-refractivity contribution is 0.263. The summed E-state index contributed by atoms with van der Waals surface area (Å²) >= 11 is 7.11. The molecule has 2 atom stereocenters. The molecule has 4 N–H and O–H groups in total. The van der Waals surface area contributed by atoms with E-state index in [1.165, 1.54) is 0 Å². The molecule has 0 bridgehead atoms. The monoisotopic (exact) mass is 318 g/mol. The molecule has 0 aliphatic rings. The SMILES string of the molecule is O=P(O)(COP(=O)(O)S)COP(O)(O)=S. The van der Waals surface area contributed by atoms with Gasteiger partial charge in [0.25, 0.3) is 7.37 Å². The minimum atomic E-state index is -4.16. The second-order valence-electron chi connectivity index (χ2n) is 2.34. The molecule has 0 aromatic heterocycles. The Morgan fingerprint density at radius 1 is 1.07 bits per heavy atom. The Bertz CT molecular complexity index is 312. The van der Waals surface area contributed by atoms with Gasteiger partial charge in [0.1, 0.15) is 12.7 Å². The molecule has 0 aromatic carbocycles. The average molecular weight is 318 g/mol. The smallest absolute Gasteiger partial charge is 0.341 e. The first kappa shape index (κ1) is 16.2. The second kappa shape index (κ2) is 5.71. The summed E-state index contributed by atoms with van der Waals surface area (Å²) in [6.45, 7) is -8.19. The number of thiol groups is 1. The Kier molecular flexibility index (Phi) is 6.17. The van der Waals surface area contributed by atoms with E-state index >= 15 is 0 Å². The minimum Gasteiger partial charge on any atom is -0.341 e. The predicted octanol–water partition coefficient (Wildman–Crippen LogP) is 0.444. The van der Waals surface area contributed by atoms with Gasteiger partial charge in [-0.05, 0) is 11.8 Å². The largest absolute Gasteiger partial charge is 0.384 e. The summed E-state index contributed by atoms with van der Waals surface area (Å²) in [4.78, 5) is 34.7. The van der Waals surface area contributed by atoms with Crippen molar-refractivity contribution in [1.29, 1.82) is 0 Å². The average Bonchev–Trinajstić information content (AvgIpc) is 1.96. The Hall–Kier alpha value is 1.22. The Morgan fingerprint density at radius 2 is 1.47 bits per heavy atom. The summed E-state index contributed by atoms with van der Waals surface area (Å²) < 4.78 is 29.7. The van der Waals surface area contributed by atoms with E-state index in [0.29, 0.717) is 0 Å². The van der Waals surface area contributed by atoms with Crippen molar-refractivity contribution in [2.24, 2.45) is 0 Å². The van der Waals surface area contributed by atoms with Crippen LogP contribution in [0, 0.1) is 0 Å². The van der Waals surface area contributed by atoms with Crippen molar-refractivity contribution in [3.8, 4) is 0 Å². The van der Waals surface area contributed by atoms with E-state index in [9.17, 15) is 9.13 Å². The topological polar surface area (TPSA) is 134 Å². The maximum absolute atomic E-state index is 11.1. The lowest BCUT2D eigenvalue weighted by Crippen LogP contribution is -1.99. The zero-order valence-electron chi connectivity index (χ0n) is 7.03. The maximum Gasteiger partial charge on any atom is 0.384 e. The van der Waals surface area contributed by atoms with Gasteiger partial charge in [-0.3, -0.25) is 13.6 Å². The van der Waals surface area contributed by atoms with Gasteiger partial charge in [-0.1, -0.05) is 12.2 Å². The van der Waals surface area contributed by atoms with Crippen LogP contribution in [0.5, 0.6) is 0 Å². The molecule has 92 valence electrons. The molecule has 0 aliphatic carbocycles.